The Kier molecular flexibility index (Phi) is 8.17. The third-order valence-corrected chi connectivity index (χ3v) is 6.55. The average molecular weight is 533 g/mol. The van der Waals surface area contributed by atoms with Crippen molar-refractivity contribution < 1.29 is 33.3 Å². The number of esters is 1. The number of hydrogen-bond donors (Lipinski definition) is 1. The lowest BCUT2D eigenvalue weighted by atomic mass is 9.88. The van der Waals surface area contributed by atoms with Gasteiger partial charge in [0.15, 0.2) is 6.61 Å². The molecule has 0 saturated carbocycles. The Morgan fingerprint density at radius 3 is 2.15 bits per heavy atom. The smallest absolute Gasteiger partial charge is 0.318 e. The first-order valence-electron chi connectivity index (χ1n) is 13.2. The van der Waals surface area contributed by atoms with Crippen LogP contribution in [-0.2, 0) is 19.1 Å². The highest BCUT2D eigenvalue weighted by molar-refractivity contribution is 5.96. The summed E-state index contributed by atoms with van der Waals surface area (Å²) >= 11 is 0. The van der Waals surface area contributed by atoms with Crippen LogP contribution in [0.2, 0.25) is 0 Å². The Morgan fingerprint density at radius 1 is 0.897 bits per heavy atom. The van der Waals surface area contributed by atoms with Crippen molar-refractivity contribution in [3.8, 4) is 23.0 Å². The summed E-state index contributed by atoms with van der Waals surface area (Å²) in [5.41, 5.74) is 2.71. The minimum atomic E-state index is -0.699. The van der Waals surface area contributed by atoms with Crippen LogP contribution in [-0.4, -0.2) is 58.0 Å². The zero-order valence-electron chi connectivity index (χ0n) is 22.1. The maximum absolute atomic E-state index is 13.3. The number of carbonyl (C=O) groups excluding carboxylic acids is 2. The molecule has 9 heteroatoms. The van der Waals surface area contributed by atoms with E-state index in [0.717, 1.165) is 18.8 Å². The lowest BCUT2D eigenvalue weighted by Gasteiger charge is -2.31. The molecule has 0 radical (unpaired) electrons. The third-order valence-electron chi connectivity index (χ3n) is 6.55. The van der Waals surface area contributed by atoms with Gasteiger partial charge in [-0.1, -0.05) is 36.4 Å². The van der Waals surface area contributed by atoms with Gasteiger partial charge in [0.1, 0.15) is 28.9 Å². The maximum atomic E-state index is 13.3. The van der Waals surface area contributed by atoms with Gasteiger partial charge in [-0.05, 0) is 26.0 Å². The standard InChI is InChI=1S/C30H32N2O7/c1-3-36-26-18-23(32-13-15-35-16-14-32)27(37-4-2)17-22(26)31-28(33)19-38-30(34)29-20-9-5-7-11-24(20)39-25-12-8-6-10-21(25)29/h5-12,17-18,29H,3-4,13-16,19H2,1-2H3,(H,31,33). The predicted molar refractivity (Wildman–Crippen MR) is 146 cm³/mol. The molecule has 204 valence electrons. The second kappa shape index (κ2) is 12.1. The molecule has 3 aromatic carbocycles. The van der Waals surface area contributed by atoms with Gasteiger partial charge in [-0.2, -0.15) is 0 Å². The van der Waals surface area contributed by atoms with E-state index in [4.69, 9.17) is 23.7 Å². The predicted octanol–water partition coefficient (Wildman–Crippen LogP) is 4.74. The molecule has 0 aromatic heterocycles. The Balaban J connectivity index is 1.32. The van der Waals surface area contributed by atoms with Crippen molar-refractivity contribution in [1.29, 1.82) is 0 Å². The Hall–Kier alpha value is -4.24. The van der Waals surface area contributed by atoms with E-state index >= 15 is 0 Å². The molecular weight excluding hydrogens is 500 g/mol. The van der Waals surface area contributed by atoms with E-state index in [1.54, 1.807) is 6.07 Å². The molecule has 5 rings (SSSR count). The quantitative estimate of drug-likeness (QED) is 0.395. The summed E-state index contributed by atoms with van der Waals surface area (Å²) in [7, 11) is 0. The zero-order chi connectivity index (χ0) is 27.2. The van der Waals surface area contributed by atoms with Crippen LogP contribution in [0.15, 0.2) is 60.7 Å². The van der Waals surface area contributed by atoms with Crippen LogP contribution < -0.4 is 24.4 Å². The van der Waals surface area contributed by atoms with Crippen molar-refractivity contribution in [3.05, 3.63) is 71.8 Å². The topological polar surface area (TPSA) is 95.6 Å². The SMILES string of the molecule is CCOc1cc(N2CCOCC2)c(OCC)cc1NC(=O)COC(=O)C1c2ccccc2Oc2ccccc21. The Labute approximate surface area is 227 Å². The second-order valence-corrected chi connectivity index (χ2v) is 9.05. The third kappa shape index (κ3) is 5.78. The molecule has 2 aliphatic rings. The fraction of sp³-hybridized carbons (Fsp3) is 0.333. The van der Waals surface area contributed by atoms with Gasteiger partial charge in [-0.15, -0.1) is 0 Å². The summed E-state index contributed by atoms with van der Waals surface area (Å²) in [4.78, 5) is 28.4. The molecule has 2 heterocycles. The number of hydrogen-bond acceptors (Lipinski definition) is 8. The first kappa shape index (κ1) is 26.4. The first-order valence-corrected chi connectivity index (χ1v) is 13.2. The highest BCUT2D eigenvalue weighted by atomic mass is 16.5. The molecule has 39 heavy (non-hydrogen) atoms. The van der Waals surface area contributed by atoms with Crippen molar-refractivity contribution in [3.63, 3.8) is 0 Å². The van der Waals surface area contributed by atoms with E-state index in [1.165, 1.54) is 0 Å². The molecule has 0 atom stereocenters. The van der Waals surface area contributed by atoms with E-state index in [-0.39, 0.29) is 0 Å². The van der Waals surface area contributed by atoms with Crippen LogP contribution in [0.25, 0.3) is 0 Å². The van der Waals surface area contributed by atoms with E-state index in [0.29, 0.717) is 66.2 Å². The molecule has 1 amide bonds. The number of carbonyl (C=O) groups is 2. The molecule has 0 aliphatic carbocycles. The maximum Gasteiger partial charge on any atom is 0.318 e. The van der Waals surface area contributed by atoms with E-state index in [2.05, 4.69) is 10.2 Å². The van der Waals surface area contributed by atoms with Crippen molar-refractivity contribution in [2.75, 3.05) is 56.3 Å². The largest absolute Gasteiger partial charge is 0.492 e. The van der Waals surface area contributed by atoms with Gasteiger partial charge in [0.25, 0.3) is 5.91 Å². The summed E-state index contributed by atoms with van der Waals surface area (Å²) in [6.07, 6.45) is 0. The molecule has 0 unspecified atom stereocenters. The molecule has 0 spiro atoms. The summed E-state index contributed by atoms with van der Waals surface area (Å²) in [6.45, 7) is 6.91. The van der Waals surface area contributed by atoms with Crippen LogP contribution in [0.3, 0.4) is 0 Å². The van der Waals surface area contributed by atoms with Gasteiger partial charge in [-0.25, -0.2) is 0 Å². The number of benzene rings is 3. The number of rotatable bonds is 9. The molecule has 3 aromatic rings. The number of nitrogens with one attached hydrogen (secondary N) is 1. The van der Waals surface area contributed by atoms with Crippen LogP contribution in [0.1, 0.15) is 30.9 Å². The molecule has 0 bridgehead atoms. The van der Waals surface area contributed by atoms with Crippen LogP contribution >= 0.6 is 0 Å². The molecule has 1 N–H and O–H groups in total. The van der Waals surface area contributed by atoms with E-state index < -0.39 is 24.4 Å². The van der Waals surface area contributed by atoms with Gasteiger partial charge in [0.05, 0.1) is 37.8 Å². The van der Waals surface area contributed by atoms with Gasteiger partial charge in [0.2, 0.25) is 0 Å². The van der Waals surface area contributed by atoms with Crippen molar-refractivity contribution >= 4 is 23.3 Å². The summed E-state index contributed by atoms with van der Waals surface area (Å²) in [5.74, 6) is 0.603. The Bertz CT molecular complexity index is 1290. The van der Waals surface area contributed by atoms with Gasteiger partial charge in [0, 0.05) is 36.3 Å². The average Bonchev–Trinajstić information content (AvgIpc) is 2.96. The Morgan fingerprint density at radius 2 is 1.51 bits per heavy atom. The van der Waals surface area contributed by atoms with Crippen molar-refractivity contribution in [2.45, 2.75) is 19.8 Å². The number of para-hydroxylation sites is 2. The lowest BCUT2D eigenvalue weighted by Crippen LogP contribution is -2.36. The number of amides is 1. The molecule has 9 nitrogen and oxygen atoms in total. The fourth-order valence-corrected chi connectivity index (χ4v) is 4.81. The molecule has 1 saturated heterocycles. The molecular formula is C30H32N2O7. The summed E-state index contributed by atoms with van der Waals surface area (Å²) in [5, 5.41) is 2.83. The van der Waals surface area contributed by atoms with Gasteiger partial charge >= 0.3 is 5.97 Å². The van der Waals surface area contributed by atoms with E-state index in [9.17, 15) is 9.59 Å². The summed E-state index contributed by atoms with van der Waals surface area (Å²) < 4.78 is 28.7. The minimum absolute atomic E-state index is 0.414. The second-order valence-electron chi connectivity index (χ2n) is 9.05. The van der Waals surface area contributed by atoms with Gasteiger partial charge in [-0.3, -0.25) is 9.59 Å². The first-order chi connectivity index (χ1) is 19.1. The minimum Gasteiger partial charge on any atom is -0.492 e. The number of ether oxygens (including phenoxy) is 5. The van der Waals surface area contributed by atoms with Crippen LogP contribution in [0.5, 0.6) is 23.0 Å². The molecule has 2 aliphatic heterocycles. The van der Waals surface area contributed by atoms with Crippen LogP contribution in [0.4, 0.5) is 11.4 Å². The monoisotopic (exact) mass is 532 g/mol. The lowest BCUT2D eigenvalue weighted by molar-refractivity contribution is -0.148. The number of fused-ring (bicyclic) bond motifs is 2. The fourth-order valence-electron chi connectivity index (χ4n) is 4.81. The van der Waals surface area contributed by atoms with Gasteiger partial charge < -0.3 is 33.9 Å². The molecule has 1 fully saturated rings. The zero-order valence-corrected chi connectivity index (χ0v) is 22.1. The van der Waals surface area contributed by atoms with E-state index in [1.807, 2.05) is 68.4 Å². The van der Waals surface area contributed by atoms with Crippen molar-refractivity contribution in [2.24, 2.45) is 0 Å². The highest BCUT2D eigenvalue weighted by Crippen LogP contribution is 2.44. The summed E-state index contributed by atoms with van der Waals surface area (Å²) in [6, 6.07) is 18.3. The normalized spacial score (nSPS) is 14.5. The number of anilines is 2. The number of nitrogens with zero attached hydrogens (tertiary/aromatic N) is 1. The highest BCUT2D eigenvalue weighted by Gasteiger charge is 2.34. The van der Waals surface area contributed by atoms with Crippen LogP contribution in [0, 0.1) is 0 Å². The van der Waals surface area contributed by atoms with Crippen molar-refractivity contribution in [1.82, 2.24) is 0 Å². The number of morpholine rings is 1.